The molecule has 19 heavy (non-hydrogen) atoms. The molecule has 0 saturated carbocycles. The summed E-state index contributed by atoms with van der Waals surface area (Å²) >= 11 is 1.65. The SMILES string of the molecule is CCc1cc(C(=O)N(CC)Cc2cnn(C)c2)cs1. The Kier molecular flexibility index (Phi) is 4.37. The number of hydrogen-bond donors (Lipinski definition) is 0. The lowest BCUT2D eigenvalue weighted by atomic mass is 10.2. The van der Waals surface area contributed by atoms with Crippen LogP contribution in [0.25, 0.3) is 0 Å². The van der Waals surface area contributed by atoms with Gasteiger partial charge in [0.15, 0.2) is 0 Å². The van der Waals surface area contributed by atoms with E-state index in [0.717, 1.165) is 17.5 Å². The van der Waals surface area contributed by atoms with Crippen molar-refractivity contribution in [1.82, 2.24) is 14.7 Å². The summed E-state index contributed by atoms with van der Waals surface area (Å²) in [6.45, 7) is 5.42. The fourth-order valence-corrected chi connectivity index (χ4v) is 2.77. The molecule has 0 aliphatic heterocycles. The molecule has 2 rings (SSSR count). The van der Waals surface area contributed by atoms with Gasteiger partial charge in [0.2, 0.25) is 0 Å². The molecule has 4 nitrogen and oxygen atoms in total. The van der Waals surface area contributed by atoms with E-state index in [1.54, 1.807) is 22.2 Å². The lowest BCUT2D eigenvalue weighted by molar-refractivity contribution is 0.0753. The highest BCUT2D eigenvalue weighted by atomic mass is 32.1. The van der Waals surface area contributed by atoms with Gasteiger partial charge in [0.25, 0.3) is 5.91 Å². The summed E-state index contributed by atoms with van der Waals surface area (Å²) in [5.74, 6) is 0.0994. The molecule has 2 aromatic rings. The second-order valence-corrected chi connectivity index (χ2v) is 5.49. The van der Waals surface area contributed by atoms with E-state index in [1.165, 1.54) is 4.88 Å². The van der Waals surface area contributed by atoms with Crippen LogP contribution in [0.3, 0.4) is 0 Å². The molecule has 0 aromatic carbocycles. The van der Waals surface area contributed by atoms with Gasteiger partial charge in [-0.2, -0.15) is 5.10 Å². The van der Waals surface area contributed by atoms with Crippen molar-refractivity contribution in [3.63, 3.8) is 0 Å². The molecule has 5 heteroatoms. The van der Waals surface area contributed by atoms with Crippen LogP contribution in [-0.4, -0.2) is 27.1 Å². The van der Waals surface area contributed by atoms with Gasteiger partial charge >= 0.3 is 0 Å². The van der Waals surface area contributed by atoms with Crippen molar-refractivity contribution in [3.05, 3.63) is 39.8 Å². The van der Waals surface area contributed by atoms with Crippen molar-refractivity contribution in [2.45, 2.75) is 26.8 Å². The molecule has 0 aliphatic carbocycles. The van der Waals surface area contributed by atoms with Gasteiger partial charge in [-0.15, -0.1) is 11.3 Å². The summed E-state index contributed by atoms with van der Waals surface area (Å²) in [6.07, 6.45) is 4.73. The van der Waals surface area contributed by atoms with Crippen LogP contribution in [0, 0.1) is 0 Å². The number of carbonyl (C=O) groups excluding carboxylic acids is 1. The Morgan fingerprint density at radius 3 is 2.79 bits per heavy atom. The summed E-state index contributed by atoms with van der Waals surface area (Å²) in [6, 6.07) is 2.00. The van der Waals surface area contributed by atoms with Crippen molar-refractivity contribution in [2.24, 2.45) is 7.05 Å². The van der Waals surface area contributed by atoms with Crippen molar-refractivity contribution in [3.8, 4) is 0 Å². The minimum Gasteiger partial charge on any atom is -0.334 e. The van der Waals surface area contributed by atoms with E-state index < -0.39 is 0 Å². The van der Waals surface area contributed by atoms with Crippen molar-refractivity contribution >= 4 is 17.2 Å². The number of hydrogen-bond acceptors (Lipinski definition) is 3. The fraction of sp³-hybridized carbons (Fsp3) is 0.429. The molecular weight excluding hydrogens is 258 g/mol. The molecule has 0 spiro atoms. The van der Waals surface area contributed by atoms with E-state index in [2.05, 4.69) is 12.0 Å². The smallest absolute Gasteiger partial charge is 0.254 e. The second-order valence-electron chi connectivity index (χ2n) is 4.50. The maximum atomic E-state index is 12.4. The van der Waals surface area contributed by atoms with Crippen LogP contribution < -0.4 is 0 Å². The largest absolute Gasteiger partial charge is 0.334 e. The molecule has 0 bridgehead atoms. The van der Waals surface area contributed by atoms with Crippen LogP contribution in [0.5, 0.6) is 0 Å². The van der Waals surface area contributed by atoms with Gasteiger partial charge in [-0.1, -0.05) is 6.92 Å². The minimum absolute atomic E-state index is 0.0994. The quantitative estimate of drug-likeness (QED) is 0.843. The first-order valence-corrected chi connectivity index (χ1v) is 7.36. The van der Waals surface area contributed by atoms with Gasteiger partial charge in [0, 0.05) is 42.2 Å². The van der Waals surface area contributed by atoms with Crippen molar-refractivity contribution in [1.29, 1.82) is 0 Å². The second kappa shape index (κ2) is 6.02. The lowest BCUT2D eigenvalue weighted by Crippen LogP contribution is -2.29. The Bertz CT molecular complexity index is 559. The topological polar surface area (TPSA) is 38.1 Å². The molecule has 0 atom stereocenters. The Balaban J connectivity index is 2.10. The minimum atomic E-state index is 0.0994. The van der Waals surface area contributed by atoms with Gasteiger partial charge < -0.3 is 4.90 Å². The molecule has 2 heterocycles. The van der Waals surface area contributed by atoms with Gasteiger partial charge in [-0.25, -0.2) is 0 Å². The van der Waals surface area contributed by atoms with E-state index in [-0.39, 0.29) is 5.91 Å². The van der Waals surface area contributed by atoms with E-state index in [0.29, 0.717) is 13.1 Å². The predicted octanol–water partition coefficient (Wildman–Crippen LogP) is 2.71. The van der Waals surface area contributed by atoms with Gasteiger partial charge in [0.05, 0.1) is 11.8 Å². The number of carbonyl (C=O) groups is 1. The Morgan fingerprint density at radius 2 is 2.26 bits per heavy atom. The standard InChI is InChI=1S/C14H19N3OS/c1-4-13-6-12(10-19-13)14(18)17(5-2)9-11-7-15-16(3)8-11/h6-8,10H,4-5,9H2,1-3H3. The highest BCUT2D eigenvalue weighted by Gasteiger charge is 2.16. The summed E-state index contributed by atoms with van der Waals surface area (Å²) in [5.41, 5.74) is 1.86. The molecule has 0 saturated heterocycles. The maximum Gasteiger partial charge on any atom is 0.254 e. The number of nitrogens with zero attached hydrogens (tertiary/aromatic N) is 3. The zero-order chi connectivity index (χ0) is 13.8. The first-order valence-electron chi connectivity index (χ1n) is 6.48. The molecule has 0 unspecified atom stereocenters. The average molecular weight is 277 g/mol. The van der Waals surface area contributed by atoms with Gasteiger partial charge in [0.1, 0.15) is 0 Å². The van der Waals surface area contributed by atoms with E-state index in [4.69, 9.17) is 0 Å². The van der Waals surface area contributed by atoms with Crippen LogP contribution >= 0.6 is 11.3 Å². The Labute approximate surface area is 117 Å². The number of aromatic nitrogens is 2. The summed E-state index contributed by atoms with van der Waals surface area (Å²) < 4.78 is 1.76. The first-order chi connectivity index (χ1) is 9.13. The first kappa shape index (κ1) is 13.8. The third-order valence-electron chi connectivity index (χ3n) is 3.05. The molecule has 2 aromatic heterocycles. The number of rotatable bonds is 5. The third-order valence-corrected chi connectivity index (χ3v) is 4.13. The molecule has 0 radical (unpaired) electrons. The Hall–Kier alpha value is -1.62. The zero-order valence-corrected chi connectivity index (χ0v) is 12.4. The molecule has 0 aliphatic rings. The predicted molar refractivity (Wildman–Crippen MR) is 77.3 cm³/mol. The van der Waals surface area contributed by atoms with Crippen LogP contribution in [0.4, 0.5) is 0 Å². The normalized spacial score (nSPS) is 10.7. The van der Waals surface area contributed by atoms with Gasteiger partial charge in [-0.05, 0) is 19.4 Å². The highest BCUT2D eigenvalue weighted by Crippen LogP contribution is 2.18. The van der Waals surface area contributed by atoms with Crippen molar-refractivity contribution in [2.75, 3.05) is 6.54 Å². The van der Waals surface area contributed by atoms with E-state index >= 15 is 0 Å². The highest BCUT2D eigenvalue weighted by molar-refractivity contribution is 7.10. The van der Waals surface area contributed by atoms with Crippen LogP contribution in [0.1, 0.15) is 34.6 Å². The third kappa shape index (κ3) is 3.23. The summed E-state index contributed by atoms with van der Waals surface area (Å²) in [5, 5.41) is 6.09. The molecule has 0 N–H and O–H groups in total. The maximum absolute atomic E-state index is 12.4. The lowest BCUT2D eigenvalue weighted by Gasteiger charge is -2.19. The number of aryl methyl sites for hydroxylation is 2. The molecular formula is C14H19N3OS. The Morgan fingerprint density at radius 1 is 1.47 bits per heavy atom. The van der Waals surface area contributed by atoms with Crippen LogP contribution in [0.2, 0.25) is 0 Å². The number of thiophene rings is 1. The zero-order valence-electron chi connectivity index (χ0n) is 11.6. The van der Waals surface area contributed by atoms with Crippen LogP contribution in [-0.2, 0) is 20.0 Å². The molecule has 1 amide bonds. The van der Waals surface area contributed by atoms with Gasteiger partial charge in [-0.3, -0.25) is 9.48 Å². The summed E-state index contributed by atoms with van der Waals surface area (Å²) in [7, 11) is 1.88. The number of amides is 1. The molecule has 102 valence electrons. The fourth-order valence-electron chi connectivity index (χ4n) is 1.96. The summed E-state index contributed by atoms with van der Waals surface area (Å²) in [4.78, 5) is 15.5. The van der Waals surface area contributed by atoms with Crippen LogP contribution in [0.15, 0.2) is 23.8 Å². The van der Waals surface area contributed by atoms with Crippen molar-refractivity contribution < 1.29 is 4.79 Å². The van der Waals surface area contributed by atoms with E-state index in [9.17, 15) is 4.79 Å². The average Bonchev–Trinajstić information content (AvgIpc) is 3.04. The van der Waals surface area contributed by atoms with E-state index in [1.807, 2.05) is 36.5 Å². The monoisotopic (exact) mass is 277 g/mol. The molecule has 0 fully saturated rings.